The van der Waals surface area contributed by atoms with Crippen molar-refractivity contribution in [3.05, 3.63) is 41.6 Å². The molecule has 0 amide bonds. The number of carbonyl (C=O) groups is 1. The lowest BCUT2D eigenvalue weighted by Gasteiger charge is -2.08. The van der Waals surface area contributed by atoms with Crippen molar-refractivity contribution in [1.82, 2.24) is 9.78 Å². The number of ether oxygens (including phenoxy) is 1. The van der Waals surface area contributed by atoms with Crippen molar-refractivity contribution < 1.29 is 9.53 Å². The number of aromatic nitrogens is 2. The molecule has 0 aliphatic rings. The number of hydrogen-bond donors (Lipinski definition) is 1. The van der Waals surface area contributed by atoms with Crippen molar-refractivity contribution in [3.8, 4) is 5.69 Å². The molecule has 1 aromatic carbocycles. The Morgan fingerprint density at radius 2 is 1.95 bits per heavy atom. The van der Waals surface area contributed by atoms with Crippen LogP contribution in [-0.2, 0) is 4.74 Å². The van der Waals surface area contributed by atoms with E-state index >= 15 is 0 Å². The molecule has 2 N–H and O–H groups in total. The Balaban J connectivity index is 2.37. The smallest absolute Gasteiger partial charge is 0.343 e. The highest BCUT2D eigenvalue weighted by Gasteiger charge is 2.16. The minimum absolute atomic E-state index is 0.274. The van der Waals surface area contributed by atoms with Crippen LogP contribution in [0.5, 0.6) is 0 Å². The predicted octanol–water partition coefficient (Wildman–Crippen LogP) is 2.36. The van der Waals surface area contributed by atoms with Crippen LogP contribution >= 0.6 is 0 Å². The molecule has 19 heavy (non-hydrogen) atoms. The topological polar surface area (TPSA) is 70.1 Å². The first-order valence-electron chi connectivity index (χ1n) is 6.06. The van der Waals surface area contributed by atoms with Crippen LogP contribution < -0.4 is 5.73 Å². The normalized spacial score (nSPS) is 10.7. The van der Waals surface area contributed by atoms with Gasteiger partial charge in [-0.25, -0.2) is 9.48 Å². The molecule has 5 nitrogen and oxygen atoms in total. The van der Waals surface area contributed by atoms with Gasteiger partial charge in [-0.1, -0.05) is 26.0 Å². The van der Waals surface area contributed by atoms with Crippen molar-refractivity contribution >= 4 is 11.8 Å². The van der Waals surface area contributed by atoms with Crippen molar-refractivity contribution in [1.29, 1.82) is 0 Å². The van der Waals surface area contributed by atoms with Gasteiger partial charge >= 0.3 is 5.97 Å². The fraction of sp³-hybridized carbons (Fsp3) is 0.286. The molecule has 0 saturated heterocycles. The second kappa shape index (κ2) is 5.14. The molecule has 2 aromatic rings. The van der Waals surface area contributed by atoms with Crippen molar-refractivity contribution in [2.24, 2.45) is 0 Å². The Hall–Kier alpha value is -2.30. The summed E-state index contributed by atoms with van der Waals surface area (Å²) in [6.07, 6.45) is 1.41. The maximum absolute atomic E-state index is 11.5. The minimum atomic E-state index is -0.484. The first kappa shape index (κ1) is 13.1. The van der Waals surface area contributed by atoms with E-state index in [1.54, 1.807) is 0 Å². The van der Waals surface area contributed by atoms with Gasteiger partial charge in [-0.3, -0.25) is 0 Å². The van der Waals surface area contributed by atoms with E-state index in [9.17, 15) is 4.79 Å². The van der Waals surface area contributed by atoms with Gasteiger partial charge in [-0.15, -0.1) is 0 Å². The van der Waals surface area contributed by atoms with Gasteiger partial charge in [0.05, 0.1) is 19.0 Å². The average molecular weight is 259 g/mol. The lowest BCUT2D eigenvalue weighted by atomic mass is 10.0. The lowest BCUT2D eigenvalue weighted by Crippen LogP contribution is -2.07. The number of hydrogen-bond acceptors (Lipinski definition) is 4. The highest BCUT2D eigenvalue weighted by atomic mass is 16.5. The molecular formula is C14H17N3O2. The standard InChI is InChI=1S/C14H17N3O2/c1-9(2)10-4-6-11(7-5-10)17-13(15)12(8-16-17)14(18)19-3/h4-9H,15H2,1-3H3. The fourth-order valence-corrected chi connectivity index (χ4v) is 1.83. The number of nitrogen functional groups attached to an aromatic ring is 1. The van der Waals surface area contributed by atoms with E-state index in [0.29, 0.717) is 5.92 Å². The zero-order chi connectivity index (χ0) is 14.0. The molecule has 5 heteroatoms. The molecule has 1 heterocycles. The monoisotopic (exact) mass is 259 g/mol. The molecule has 0 bridgehead atoms. The zero-order valence-electron chi connectivity index (χ0n) is 11.3. The summed E-state index contributed by atoms with van der Waals surface area (Å²) < 4.78 is 6.17. The Kier molecular flexibility index (Phi) is 3.55. The second-order valence-corrected chi connectivity index (χ2v) is 4.59. The summed E-state index contributed by atoms with van der Waals surface area (Å²) in [7, 11) is 1.32. The number of nitrogens with two attached hydrogens (primary N) is 1. The summed E-state index contributed by atoms with van der Waals surface area (Å²) in [5.74, 6) is 0.265. The molecule has 0 spiro atoms. The molecule has 0 fully saturated rings. The highest BCUT2D eigenvalue weighted by molar-refractivity contribution is 5.94. The van der Waals surface area contributed by atoms with Gasteiger partial charge in [0.2, 0.25) is 0 Å². The van der Waals surface area contributed by atoms with Gasteiger partial charge in [-0.05, 0) is 23.6 Å². The number of esters is 1. The molecule has 1 aromatic heterocycles. The van der Waals surface area contributed by atoms with Crippen LogP contribution in [0.4, 0.5) is 5.82 Å². The van der Waals surface area contributed by atoms with E-state index in [4.69, 9.17) is 5.73 Å². The minimum Gasteiger partial charge on any atom is -0.465 e. The Bertz CT molecular complexity index is 585. The number of carbonyl (C=O) groups excluding carboxylic acids is 1. The van der Waals surface area contributed by atoms with Crippen LogP contribution in [0.1, 0.15) is 35.7 Å². The molecule has 0 saturated carbocycles. The van der Waals surface area contributed by atoms with E-state index in [1.807, 2.05) is 24.3 Å². The van der Waals surface area contributed by atoms with Crippen LogP contribution in [0.15, 0.2) is 30.5 Å². The maximum atomic E-state index is 11.5. The third-order valence-corrected chi connectivity index (χ3v) is 3.02. The van der Waals surface area contributed by atoms with Crippen LogP contribution in [0.25, 0.3) is 5.69 Å². The number of rotatable bonds is 3. The number of methoxy groups -OCH3 is 1. The Morgan fingerprint density at radius 3 is 2.47 bits per heavy atom. The molecule has 0 aliphatic carbocycles. The van der Waals surface area contributed by atoms with Gasteiger partial charge in [0, 0.05) is 0 Å². The Labute approximate surface area is 112 Å². The maximum Gasteiger partial charge on any atom is 0.343 e. The van der Waals surface area contributed by atoms with Gasteiger partial charge in [0.25, 0.3) is 0 Å². The van der Waals surface area contributed by atoms with Crippen LogP contribution in [0, 0.1) is 0 Å². The summed E-state index contributed by atoms with van der Waals surface area (Å²) in [5.41, 5.74) is 8.24. The molecule has 0 unspecified atom stereocenters. The van der Waals surface area contributed by atoms with E-state index in [0.717, 1.165) is 5.69 Å². The summed E-state index contributed by atoms with van der Waals surface area (Å²) in [6.45, 7) is 4.26. The van der Waals surface area contributed by atoms with Crippen molar-refractivity contribution in [2.75, 3.05) is 12.8 Å². The quantitative estimate of drug-likeness (QED) is 0.859. The molecule has 2 rings (SSSR count). The largest absolute Gasteiger partial charge is 0.465 e. The number of benzene rings is 1. The first-order valence-corrected chi connectivity index (χ1v) is 6.06. The van der Waals surface area contributed by atoms with Gasteiger partial charge < -0.3 is 10.5 Å². The number of nitrogens with zero attached hydrogens (tertiary/aromatic N) is 2. The first-order chi connectivity index (χ1) is 9.04. The van der Waals surface area contributed by atoms with Gasteiger partial charge in [-0.2, -0.15) is 5.10 Å². The van der Waals surface area contributed by atoms with E-state index < -0.39 is 5.97 Å². The molecule has 100 valence electrons. The third-order valence-electron chi connectivity index (χ3n) is 3.02. The Morgan fingerprint density at radius 1 is 1.32 bits per heavy atom. The molecular weight excluding hydrogens is 242 g/mol. The molecule has 0 radical (unpaired) electrons. The van der Waals surface area contributed by atoms with Gasteiger partial charge in [0.15, 0.2) is 0 Å². The van der Waals surface area contributed by atoms with Gasteiger partial charge in [0.1, 0.15) is 11.4 Å². The lowest BCUT2D eigenvalue weighted by molar-refractivity contribution is 0.0602. The van der Waals surface area contributed by atoms with Crippen LogP contribution in [0.3, 0.4) is 0 Å². The third kappa shape index (κ3) is 2.45. The van der Waals surface area contributed by atoms with E-state index in [1.165, 1.54) is 23.6 Å². The van der Waals surface area contributed by atoms with Crippen LogP contribution in [0.2, 0.25) is 0 Å². The average Bonchev–Trinajstić information content (AvgIpc) is 2.80. The summed E-state index contributed by atoms with van der Waals surface area (Å²) >= 11 is 0. The summed E-state index contributed by atoms with van der Waals surface area (Å²) in [4.78, 5) is 11.5. The summed E-state index contributed by atoms with van der Waals surface area (Å²) in [5, 5.41) is 4.12. The number of anilines is 1. The van der Waals surface area contributed by atoms with Crippen LogP contribution in [-0.4, -0.2) is 22.9 Å². The predicted molar refractivity (Wildman–Crippen MR) is 73.4 cm³/mol. The van der Waals surface area contributed by atoms with Crippen molar-refractivity contribution in [3.63, 3.8) is 0 Å². The highest BCUT2D eigenvalue weighted by Crippen LogP contribution is 2.20. The zero-order valence-corrected chi connectivity index (χ0v) is 11.3. The second-order valence-electron chi connectivity index (χ2n) is 4.59. The SMILES string of the molecule is COC(=O)c1cnn(-c2ccc(C(C)C)cc2)c1N. The summed E-state index contributed by atoms with van der Waals surface area (Å²) in [6, 6.07) is 7.91. The van der Waals surface area contributed by atoms with E-state index in [-0.39, 0.29) is 11.4 Å². The van der Waals surface area contributed by atoms with E-state index in [2.05, 4.69) is 23.7 Å². The fourth-order valence-electron chi connectivity index (χ4n) is 1.83. The molecule has 0 atom stereocenters. The molecule has 0 aliphatic heterocycles. The van der Waals surface area contributed by atoms with Crippen molar-refractivity contribution in [2.45, 2.75) is 19.8 Å².